The Labute approximate surface area is 383 Å². The highest BCUT2D eigenvalue weighted by atomic mass is 16.5. The van der Waals surface area contributed by atoms with Gasteiger partial charge in [-0.1, -0.05) is 164 Å². The van der Waals surface area contributed by atoms with Crippen molar-refractivity contribution in [1.29, 1.82) is 0 Å². The molecule has 9 heteroatoms. The van der Waals surface area contributed by atoms with Crippen molar-refractivity contribution in [2.75, 3.05) is 16.0 Å². The molecule has 0 radical (unpaired) electrons. The van der Waals surface area contributed by atoms with E-state index in [0.717, 1.165) is 85.3 Å². The molecule has 9 nitrogen and oxygen atoms in total. The van der Waals surface area contributed by atoms with Gasteiger partial charge in [-0.3, -0.25) is 0 Å². The summed E-state index contributed by atoms with van der Waals surface area (Å²) < 4.78 is 17.1. The van der Waals surface area contributed by atoms with Gasteiger partial charge in [0.25, 0.3) is 0 Å². The number of rotatable bonds is 3. The second-order valence-electron chi connectivity index (χ2n) is 15.1. The summed E-state index contributed by atoms with van der Waals surface area (Å²) in [6.45, 7) is 0. The molecule has 3 aliphatic heterocycles. The first-order valence-corrected chi connectivity index (χ1v) is 21.5. The molecular weight excluding hydrogens is 817 g/mol. The van der Waals surface area contributed by atoms with E-state index in [9.17, 15) is 0 Å². The van der Waals surface area contributed by atoms with Crippen molar-refractivity contribution in [2.24, 2.45) is 0 Å². The van der Waals surface area contributed by atoms with Gasteiger partial charge in [-0.25, -0.2) is 15.0 Å². The Morgan fingerprint density at radius 1 is 0.212 bits per heavy atom. The molecule has 1 aromatic heterocycles. The molecule has 3 N–H and O–H groups in total. The van der Waals surface area contributed by atoms with Crippen LogP contribution >= 0.6 is 0 Å². The van der Waals surface area contributed by atoms with Crippen molar-refractivity contribution in [2.45, 2.75) is 0 Å². The summed E-state index contributed by atoms with van der Waals surface area (Å²) in [6, 6.07) is 77.5. The molecule has 0 aliphatic carbocycles. The Balaban J connectivity index is 0.000000107. The Morgan fingerprint density at radius 2 is 0.394 bits per heavy atom. The van der Waals surface area contributed by atoms with E-state index >= 15 is 0 Å². The second-order valence-corrected chi connectivity index (χ2v) is 15.1. The van der Waals surface area contributed by atoms with E-state index in [1.54, 1.807) is 0 Å². The Morgan fingerprint density at radius 3 is 0.606 bits per heavy atom. The molecule has 3 aliphatic rings. The molecular formula is C57H42N6O3. The van der Waals surface area contributed by atoms with E-state index in [2.05, 4.69) is 30.9 Å². The fourth-order valence-corrected chi connectivity index (χ4v) is 7.27. The van der Waals surface area contributed by atoms with Gasteiger partial charge in [-0.05, 0) is 72.8 Å². The molecule has 318 valence electrons. The summed E-state index contributed by atoms with van der Waals surface area (Å²) in [5.41, 5.74) is 9.06. The van der Waals surface area contributed by atoms with E-state index in [-0.39, 0.29) is 0 Å². The van der Waals surface area contributed by atoms with Crippen LogP contribution < -0.4 is 30.2 Å². The number of fused-ring (bicyclic) bond motifs is 6. The summed E-state index contributed by atoms with van der Waals surface area (Å²) in [4.78, 5) is 14.0. The van der Waals surface area contributed by atoms with Crippen LogP contribution in [-0.2, 0) is 0 Å². The van der Waals surface area contributed by atoms with Crippen LogP contribution in [0.3, 0.4) is 0 Å². The van der Waals surface area contributed by atoms with E-state index in [4.69, 9.17) is 14.2 Å². The molecule has 13 rings (SSSR count). The standard InChI is InChI=1S/C21H15N3.3C12H9NO/c1-4-10-16(11-5-1)19-22-20(17-12-6-2-7-13-17)24-21(23-19)18-14-8-3-9-15-18;3*1-3-7-11-9(5-1)13-10-6-2-4-8-12(10)14-11/h1-15H;3*1-8,13H. The minimum absolute atomic E-state index is 0.684. The lowest BCUT2D eigenvalue weighted by molar-refractivity contribution is 0.481. The Hall–Kier alpha value is -9.21. The summed E-state index contributed by atoms with van der Waals surface area (Å²) in [7, 11) is 0. The van der Waals surface area contributed by atoms with Crippen molar-refractivity contribution in [3.05, 3.63) is 237 Å². The van der Waals surface area contributed by atoms with Gasteiger partial charge in [-0.15, -0.1) is 0 Å². The van der Waals surface area contributed by atoms with Crippen LogP contribution in [0.2, 0.25) is 0 Å². The molecule has 0 saturated carbocycles. The quantitative estimate of drug-likeness (QED) is 0.160. The number of hydrogen-bond acceptors (Lipinski definition) is 9. The first kappa shape index (κ1) is 40.8. The average Bonchev–Trinajstić information content (AvgIpc) is 3.40. The van der Waals surface area contributed by atoms with Crippen molar-refractivity contribution in [3.63, 3.8) is 0 Å². The van der Waals surface area contributed by atoms with Crippen LogP contribution in [0.1, 0.15) is 0 Å². The molecule has 4 heterocycles. The molecule has 0 spiro atoms. The summed E-state index contributed by atoms with van der Waals surface area (Å²) in [6.07, 6.45) is 0. The number of para-hydroxylation sites is 12. The van der Waals surface area contributed by atoms with E-state index in [1.807, 2.05) is 237 Å². The van der Waals surface area contributed by atoms with E-state index in [0.29, 0.717) is 17.5 Å². The Bertz CT molecular complexity index is 2600. The predicted molar refractivity (Wildman–Crippen MR) is 265 cm³/mol. The van der Waals surface area contributed by atoms with Crippen molar-refractivity contribution in [1.82, 2.24) is 15.0 Å². The lowest BCUT2D eigenvalue weighted by Crippen LogP contribution is -2.01. The van der Waals surface area contributed by atoms with Gasteiger partial charge in [0, 0.05) is 16.7 Å². The molecule has 66 heavy (non-hydrogen) atoms. The summed E-state index contributed by atoms with van der Waals surface area (Å²) in [5, 5.41) is 9.95. The zero-order chi connectivity index (χ0) is 44.3. The largest absolute Gasteiger partial charge is 0.453 e. The number of ether oxygens (including phenoxy) is 3. The molecule has 0 amide bonds. The van der Waals surface area contributed by atoms with Crippen molar-refractivity contribution >= 4 is 34.1 Å². The zero-order valence-electron chi connectivity index (χ0n) is 35.6. The molecule has 0 atom stereocenters. The molecule has 0 unspecified atom stereocenters. The maximum Gasteiger partial charge on any atom is 0.164 e. The third kappa shape index (κ3) is 9.56. The van der Waals surface area contributed by atoms with Crippen LogP contribution in [0.25, 0.3) is 34.2 Å². The third-order valence-corrected chi connectivity index (χ3v) is 10.5. The third-order valence-electron chi connectivity index (χ3n) is 10.5. The van der Waals surface area contributed by atoms with E-state index in [1.165, 1.54) is 0 Å². The first-order chi connectivity index (χ1) is 32.7. The fourth-order valence-electron chi connectivity index (χ4n) is 7.27. The minimum Gasteiger partial charge on any atom is -0.453 e. The van der Waals surface area contributed by atoms with Crippen LogP contribution in [-0.4, -0.2) is 15.0 Å². The SMILES string of the molecule is c1ccc(-c2nc(-c3ccccc3)nc(-c3ccccc3)n2)cc1.c1ccc2c(c1)Nc1ccccc1O2.c1ccc2c(c1)Nc1ccccc1O2.c1ccc2c(c1)Nc1ccccc1O2. The van der Waals surface area contributed by atoms with Gasteiger partial charge < -0.3 is 30.2 Å². The highest BCUT2D eigenvalue weighted by Crippen LogP contribution is 2.43. The maximum atomic E-state index is 5.71. The average molecular weight is 859 g/mol. The van der Waals surface area contributed by atoms with Gasteiger partial charge >= 0.3 is 0 Å². The number of hydrogen-bond donors (Lipinski definition) is 3. The van der Waals surface area contributed by atoms with E-state index < -0.39 is 0 Å². The monoisotopic (exact) mass is 858 g/mol. The lowest BCUT2D eigenvalue weighted by atomic mass is 10.1. The normalized spacial score (nSPS) is 11.5. The maximum absolute atomic E-state index is 5.71. The zero-order valence-corrected chi connectivity index (χ0v) is 35.6. The Kier molecular flexibility index (Phi) is 12.0. The van der Waals surface area contributed by atoms with Gasteiger partial charge in [-0.2, -0.15) is 0 Å². The molecule has 10 aromatic rings. The minimum atomic E-state index is 0.684. The second kappa shape index (κ2) is 19.5. The van der Waals surface area contributed by atoms with Gasteiger partial charge in [0.2, 0.25) is 0 Å². The summed E-state index contributed by atoms with van der Waals surface area (Å²) >= 11 is 0. The highest BCUT2D eigenvalue weighted by Gasteiger charge is 2.17. The van der Waals surface area contributed by atoms with Crippen LogP contribution in [0.15, 0.2) is 237 Å². The molecule has 0 fully saturated rings. The van der Waals surface area contributed by atoms with Gasteiger partial charge in [0.15, 0.2) is 52.0 Å². The fraction of sp³-hybridized carbons (Fsp3) is 0. The van der Waals surface area contributed by atoms with Crippen LogP contribution in [0, 0.1) is 0 Å². The number of nitrogens with zero attached hydrogens (tertiary/aromatic N) is 3. The van der Waals surface area contributed by atoms with Crippen LogP contribution in [0.5, 0.6) is 34.5 Å². The molecule has 0 saturated heterocycles. The van der Waals surface area contributed by atoms with Gasteiger partial charge in [0.1, 0.15) is 0 Å². The van der Waals surface area contributed by atoms with Gasteiger partial charge in [0.05, 0.1) is 34.1 Å². The lowest BCUT2D eigenvalue weighted by Gasteiger charge is -2.20. The number of nitrogens with one attached hydrogen (secondary N) is 3. The van der Waals surface area contributed by atoms with Crippen LogP contribution in [0.4, 0.5) is 34.1 Å². The summed E-state index contributed by atoms with van der Waals surface area (Å²) in [5.74, 6) is 7.34. The van der Waals surface area contributed by atoms with Crippen molar-refractivity contribution in [3.8, 4) is 68.7 Å². The number of anilines is 6. The molecule has 9 aromatic carbocycles. The smallest absolute Gasteiger partial charge is 0.164 e. The van der Waals surface area contributed by atoms with Crippen molar-refractivity contribution < 1.29 is 14.2 Å². The first-order valence-electron chi connectivity index (χ1n) is 21.5. The number of benzene rings is 9. The topological polar surface area (TPSA) is 102 Å². The predicted octanol–water partition coefficient (Wildman–Crippen LogP) is 15.5. The molecule has 0 bridgehead atoms. The number of aromatic nitrogens is 3. The highest BCUT2D eigenvalue weighted by molar-refractivity contribution is 5.77.